The van der Waals surface area contributed by atoms with E-state index in [9.17, 15) is 0 Å². The highest BCUT2D eigenvalue weighted by atomic mass is 16.4. The van der Waals surface area contributed by atoms with E-state index in [-0.39, 0.29) is 10.8 Å². The molecule has 2 heterocycles. The van der Waals surface area contributed by atoms with E-state index in [4.69, 9.17) is 8.83 Å². The van der Waals surface area contributed by atoms with Crippen molar-refractivity contribution < 1.29 is 8.83 Å². The normalized spacial score (nSPS) is 15.2. The van der Waals surface area contributed by atoms with Gasteiger partial charge < -0.3 is 18.6 Å². The summed E-state index contributed by atoms with van der Waals surface area (Å²) in [6.45, 7) is 9.39. The lowest BCUT2D eigenvalue weighted by Gasteiger charge is -2.30. The lowest BCUT2D eigenvalue weighted by atomic mass is 9.82. The van der Waals surface area contributed by atoms with Gasteiger partial charge in [-0.3, -0.25) is 0 Å². The molecule has 4 nitrogen and oxygen atoms in total. The molecule has 11 aromatic rings. The van der Waals surface area contributed by atoms with Crippen LogP contribution in [0.5, 0.6) is 0 Å². The molecule has 0 spiro atoms. The Bertz CT molecular complexity index is 3990. The zero-order chi connectivity index (χ0) is 45.5. The summed E-state index contributed by atoms with van der Waals surface area (Å²) in [5.74, 6) is 0. The topological polar surface area (TPSA) is 32.8 Å². The van der Waals surface area contributed by atoms with Gasteiger partial charge in [-0.25, -0.2) is 0 Å². The van der Waals surface area contributed by atoms with Crippen molar-refractivity contribution in [3.63, 3.8) is 0 Å². The zero-order valence-corrected chi connectivity index (χ0v) is 38.6. The van der Waals surface area contributed by atoms with Crippen LogP contribution in [0.1, 0.15) is 62.8 Å². The van der Waals surface area contributed by atoms with Crippen LogP contribution in [0.2, 0.25) is 0 Å². The number of hydrogen-bond acceptors (Lipinski definition) is 4. The van der Waals surface area contributed by atoms with Crippen molar-refractivity contribution in [3.8, 4) is 22.3 Å². The Hall–Kier alpha value is -8.08. The first-order valence-corrected chi connectivity index (χ1v) is 24.0. The average molecular weight is 877 g/mol. The number of fused-ring (bicyclic) bond motifs is 16. The van der Waals surface area contributed by atoms with Crippen molar-refractivity contribution >= 4 is 83.1 Å². The third-order valence-electron chi connectivity index (χ3n) is 15.5. The summed E-state index contributed by atoms with van der Waals surface area (Å²) >= 11 is 0. The van der Waals surface area contributed by atoms with E-state index in [0.29, 0.717) is 0 Å². The number of allylic oxidation sites excluding steroid dienone is 4. The number of para-hydroxylation sites is 1. The molecule has 4 heteroatoms. The maximum absolute atomic E-state index is 7.11. The van der Waals surface area contributed by atoms with Gasteiger partial charge in [-0.1, -0.05) is 143 Å². The second-order valence-electron chi connectivity index (χ2n) is 20.0. The third-order valence-corrected chi connectivity index (χ3v) is 15.5. The quantitative estimate of drug-likeness (QED) is 0.167. The monoisotopic (exact) mass is 876 g/mol. The van der Waals surface area contributed by atoms with Gasteiger partial charge in [0.2, 0.25) is 0 Å². The molecule has 3 aliphatic rings. The fourth-order valence-corrected chi connectivity index (χ4v) is 12.2. The molecule has 0 radical (unpaired) electrons. The molecule has 3 aliphatic carbocycles. The second-order valence-corrected chi connectivity index (χ2v) is 20.0. The van der Waals surface area contributed by atoms with E-state index >= 15 is 0 Å². The Kier molecular flexibility index (Phi) is 8.18. The number of benzene rings is 9. The molecular formula is C64H48N2O2. The summed E-state index contributed by atoms with van der Waals surface area (Å²) in [7, 11) is 0. The second kappa shape index (κ2) is 14.2. The molecule has 0 saturated heterocycles. The van der Waals surface area contributed by atoms with Crippen LogP contribution < -0.4 is 9.80 Å². The van der Waals surface area contributed by atoms with E-state index in [1.54, 1.807) is 0 Å². The Morgan fingerprint density at radius 1 is 0.397 bits per heavy atom. The maximum atomic E-state index is 7.11. The first-order valence-electron chi connectivity index (χ1n) is 24.0. The minimum absolute atomic E-state index is 0.108. The van der Waals surface area contributed by atoms with Gasteiger partial charge in [-0.05, 0) is 135 Å². The number of hydrogen-bond donors (Lipinski definition) is 0. The molecule has 9 aromatic carbocycles. The largest absolute Gasteiger partial charge is 0.452 e. The van der Waals surface area contributed by atoms with Crippen molar-refractivity contribution in [1.82, 2.24) is 0 Å². The summed E-state index contributed by atoms with van der Waals surface area (Å²) in [5, 5.41) is 6.58. The molecule has 14 rings (SSSR count). The molecule has 0 saturated carbocycles. The zero-order valence-electron chi connectivity index (χ0n) is 38.6. The molecule has 2 aromatic heterocycles. The van der Waals surface area contributed by atoms with Crippen molar-refractivity contribution in [3.05, 3.63) is 222 Å². The van der Waals surface area contributed by atoms with E-state index in [1.165, 1.54) is 50.2 Å². The molecule has 326 valence electrons. The summed E-state index contributed by atoms with van der Waals surface area (Å²) in [6, 6.07) is 64.5. The minimum Gasteiger partial charge on any atom is -0.452 e. The highest BCUT2D eigenvalue weighted by Gasteiger charge is 2.37. The van der Waals surface area contributed by atoms with E-state index in [1.807, 2.05) is 0 Å². The maximum Gasteiger partial charge on any atom is 0.179 e. The number of rotatable bonds is 6. The highest BCUT2D eigenvalue weighted by molar-refractivity contribution is 6.33. The fraction of sp³-hybridized carbons (Fsp3) is 0.125. The summed E-state index contributed by atoms with van der Waals surface area (Å²) in [4.78, 5) is 4.79. The van der Waals surface area contributed by atoms with Crippen LogP contribution in [0.3, 0.4) is 0 Å². The lowest BCUT2D eigenvalue weighted by Crippen LogP contribution is -2.19. The molecule has 0 bridgehead atoms. The van der Waals surface area contributed by atoms with Gasteiger partial charge >= 0.3 is 0 Å². The lowest BCUT2D eigenvalue weighted by molar-refractivity contribution is 0.633. The standard InChI is InChI=1S/C64H48N2O2/c1-63(2)53-25-15-13-21-45(53)47-31-27-41(35-55(47)63)65(39-17-7-5-8-18-39)43-29-33-51-57(37-43)67-61-59(51)49-23-11-12-24-50(49)60-52-34-30-44(38-58(52)68-62(60)61)66(40-19-9-6-10-20-40)42-28-32-48-46-22-14-16-26-54(46)64(3,4)56(48)36-42/h5-9,11-19,21-38H,10,20H2,1-4H3. The Morgan fingerprint density at radius 3 is 1.40 bits per heavy atom. The van der Waals surface area contributed by atoms with Crippen LogP contribution in [-0.4, -0.2) is 0 Å². The molecule has 0 fully saturated rings. The Labute approximate surface area is 395 Å². The summed E-state index contributed by atoms with van der Waals surface area (Å²) in [6.07, 6.45) is 8.66. The SMILES string of the molecule is CC1(C)c2ccccc2-c2ccc(N(C3=CC=CCC3)c3ccc4c(c3)oc3c5oc6cc(N(c7ccccc7)c7ccc8c(c7)C(C)(C)c7ccccc7-8)ccc6c5c5ccccc5c43)cc21. The van der Waals surface area contributed by atoms with Crippen LogP contribution in [-0.2, 0) is 10.8 Å². The van der Waals surface area contributed by atoms with E-state index in [2.05, 4.69) is 232 Å². The fourth-order valence-electron chi connectivity index (χ4n) is 12.2. The predicted octanol–water partition coefficient (Wildman–Crippen LogP) is 18.1. The molecule has 0 atom stereocenters. The van der Waals surface area contributed by atoms with Crippen molar-refractivity contribution in [2.24, 2.45) is 0 Å². The predicted molar refractivity (Wildman–Crippen MR) is 283 cm³/mol. The molecule has 68 heavy (non-hydrogen) atoms. The molecule has 0 N–H and O–H groups in total. The number of anilines is 5. The van der Waals surface area contributed by atoms with Crippen LogP contribution >= 0.6 is 0 Å². The van der Waals surface area contributed by atoms with Gasteiger partial charge in [-0.15, -0.1) is 0 Å². The number of furan rings is 2. The van der Waals surface area contributed by atoms with Crippen molar-refractivity contribution in [2.45, 2.75) is 51.4 Å². The molecular weight excluding hydrogens is 829 g/mol. The van der Waals surface area contributed by atoms with Crippen LogP contribution in [0, 0.1) is 0 Å². The summed E-state index contributed by atoms with van der Waals surface area (Å²) in [5.41, 5.74) is 20.4. The van der Waals surface area contributed by atoms with Crippen molar-refractivity contribution in [1.29, 1.82) is 0 Å². The van der Waals surface area contributed by atoms with Gasteiger partial charge in [0.1, 0.15) is 11.2 Å². The van der Waals surface area contributed by atoms with Gasteiger partial charge in [0, 0.05) is 78.6 Å². The molecule has 0 aliphatic heterocycles. The van der Waals surface area contributed by atoms with Crippen LogP contribution in [0.15, 0.2) is 209 Å². The van der Waals surface area contributed by atoms with Crippen molar-refractivity contribution in [2.75, 3.05) is 9.80 Å². The Balaban J connectivity index is 0.931. The number of nitrogens with zero attached hydrogens (tertiary/aromatic N) is 2. The first kappa shape index (κ1) is 39.1. The first-order chi connectivity index (χ1) is 33.2. The van der Waals surface area contributed by atoms with Gasteiger partial charge in [0.15, 0.2) is 11.2 Å². The smallest absolute Gasteiger partial charge is 0.179 e. The van der Waals surface area contributed by atoms with Gasteiger partial charge in [0.05, 0.1) is 0 Å². The van der Waals surface area contributed by atoms with Crippen LogP contribution in [0.4, 0.5) is 28.4 Å². The third kappa shape index (κ3) is 5.49. The molecule has 0 unspecified atom stereocenters. The van der Waals surface area contributed by atoms with E-state index < -0.39 is 0 Å². The molecule has 0 amide bonds. The average Bonchev–Trinajstić information content (AvgIpc) is 4.08. The summed E-state index contributed by atoms with van der Waals surface area (Å²) < 4.78 is 14.2. The van der Waals surface area contributed by atoms with E-state index in [0.717, 1.165) is 95.9 Å². The Morgan fingerprint density at radius 2 is 0.853 bits per heavy atom. The van der Waals surface area contributed by atoms with Gasteiger partial charge in [0.25, 0.3) is 0 Å². The van der Waals surface area contributed by atoms with Gasteiger partial charge in [-0.2, -0.15) is 0 Å². The highest BCUT2D eigenvalue weighted by Crippen LogP contribution is 2.53. The van der Waals surface area contributed by atoms with Crippen LogP contribution in [0.25, 0.3) is 76.9 Å². The minimum atomic E-state index is -0.123.